The Morgan fingerprint density at radius 2 is 1.88 bits per heavy atom. The molecule has 132 valence electrons. The zero-order chi connectivity index (χ0) is 18.7. The maximum absolute atomic E-state index is 12.1. The van der Waals surface area contributed by atoms with Crippen molar-refractivity contribution in [2.45, 2.75) is 0 Å². The van der Waals surface area contributed by atoms with Crippen molar-refractivity contribution in [1.82, 2.24) is 0 Å². The number of fused-ring (bicyclic) bond motifs is 1. The number of carbonyl (C=O) groups is 1. The van der Waals surface area contributed by atoms with Gasteiger partial charge in [-0.2, -0.15) is 0 Å². The maximum atomic E-state index is 12.1. The fourth-order valence-electron chi connectivity index (χ4n) is 2.42. The average molecular weight is 480 g/mol. The monoisotopic (exact) mass is 478 g/mol. The molecular formula is C18H12Br2N2O4. The Morgan fingerprint density at radius 3 is 2.65 bits per heavy atom. The first-order valence-corrected chi connectivity index (χ1v) is 9.08. The third-order valence-electron chi connectivity index (χ3n) is 3.61. The van der Waals surface area contributed by atoms with Gasteiger partial charge in [-0.25, -0.2) is 0 Å². The number of carbonyl (C=O) groups excluding carboxylic acids is 1. The SMILES string of the molecule is O=C(COc1ccc2cc(Br)ccc2c1Br)Nc1ccccc1[N+](=O)[O-]. The molecule has 0 heterocycles. The molecule has 0 aromatic heterocycles. The van der Waals surface area contributed by atoms with Crippen LogP contribution in [0.2, 0.25) is 0 Å². The highest BCUT2D eigenvalue weighted by molar-refractivity contribution is 9.11. The fourth-order valence-corrected chi connectivity index (χ4v) is 3.41. The normalized spacial score (nSPS) is 10.5. The summed E-state index contributed by atoms with van der Waals surface area (Å²) in [5.41, 5.74) is -0.0353. The molecule has 0 bridgehead atoms. The largest absolute Gasteiger partial charge is 0.483 e. The number of para-hydroxylation sites is 2. The lowest BCUT2D eigenvalue weighted by Crippen LogP contribution is -2.20. The van der Waals surface area contributed by atoms with Gasteiger partial charge < -0.3 is 10.1 Å². The molecule has 26 heavy (non-hydrogen) atoms. The number of ether oxygens (including phenoxy) is 1. The molecule has 1 amide bonds. The molecule has 0 saturated carbocycles. The minimum absolute atomic E-state index is 0.133. The second kappa shape index (κ2) is 7.84. The van der Waals surface area contributed by atoms with Gasteiger partial charge in [-0.3, -0.25) is 14.9 Å². The Balaban J connectivity index is 1.72. The van der Waals surface area contributed by atoms with Crippen molar-refractivity contribution in [3.63, 3.8) is 0 Å². The van der Waals surface area contributed by atoms with E-state index in [1.807, 2.05) is 24.3 Å². The van der Waals surface area contributed by atoms with Crippen molar-refractivity contribution in [3.05, 3.63) is 73.7 Å². The number of nitro groups is 1. The fraction of sp³-hybridized carbons (Fsp3) is 0.0556. The molecule has 0 spiro atoms. The molecule has 0 saturated heterocycles. The number of halogens is 2. The summed E-state index contributed by atoms with van der Waals surface area (Å²) >= 11 is 6.92. The Labute approximate surface area is 165 Å². The zero-order valence-electron chi connectivity index (χ0n) is 13.2. The van der Waals surface area contributed by atoms with Gasteiger partial charge in [-0.1, -0.05) is 40.2 Å². The van der Waals surface area contributed by atoms with Crippen molar-refractivity contribution in [3.8, 4) is 5.75 Å². The second-order valence-corrected chi connectivity index (χ2v) is 7.06. The summed E-state index contributed by atoms with van der Waals surface area (Å²) in [6, 6.07) is 15.4. The van der Waals surface area contributed by atoms with Crippen molar-refractivity contribution < 1.29 is 14.5 Å². The van der Waals surface area contributed by atoms with E-state index in [4.69, 9.17) is 4.74 Å². The number of hydrogen-bond acceptors (Lipinski definition) is 4. The summed E-state index contributed by atoms with van der Waals surface area (Å²) in [4.78, 5) is 22.5. The van der Waals surface area contributed by atoms with Crippen LogP contribution in [0.15, 0.2) is 63.5 Å². The third kappa shape index (κ3) is 4.03. The Kier molecular flexibility index (Phi) is 5.53. The number of nitrogens with one attached hydrogen (secondary N) is 1. The van der Waals surface area contributed by atoms with E-state index in [0.717, 1.165) is 19.7 Å². The van der Waals surface area contributed by atoms with E-state index in [0.29, 0.717) is 5.75 Å². The van der Waals surface area contributed by atoms with Gasteiger partial charge in [-0.15, -0.1) is 0 Å². The standard InChI is InChI=1S/C18H12Br2N2O4/c19-12-6-7-13-11(9-12)5-8-16(18(13)20)26-10-17(23)21-14-3-1-2-4-15(14)22(24)25/h1-9H,10H2,(H,21,23). The zero-order valence-corrected chi connectivity index (χ0v) is 16.4. The van der Waals surface area contributed by atoms with E-state index < -0.39 is 10.8 Å². The quantitative estimate of drug-likeness (QED) is 0.398. The predicted octanol–water partition coefficient (Wildman–Crippen LogP) is 5.29. The third-order valence-corrected chi connectivity index (χ3v) is 4.93. The van der Waals surface area contributed by atoms with Crippen LogP contribution in [-0.2, 0) is 4.79 Å². The molecule has 0 atom stereocenters. The van der Waals surface area contributed by atoms with Gasteiger partial charge in [0.25, 0.3) is 11.6 Å². The lowest BCUT2D eigenvalue weighted by Gasteiger charge is -2.11. The van der Waals surface area contributed by atoms with Crippen LogP contribution >= 0.6 is 31.9 Å². The molecule has 3 aromatic carbocycles. The van der Waals surface area contributed by atoms with E-state index in [9.17, 15) is 14.9 Å². The van der Waals surface area contributed by atoms with Crippen molar-refractivity contribution >= 4 is 59.9 Å². The number of rotatable bonds is 5. The molecule has 0 aliphatic heterocycles. The summed E-state index contributed by atoms with van der Waals surface area (Å²) in [6.45, 7) is -0.271. The van der Waals surface area contributed by atoms with Crippen LogP contribution in [0.4, 0.5) is 11.4 Å². The van der Waals surface area contributed by atoms with Crippen molar-refractivity contribution in [2.75, 3.05) is 11.9 Å². The van der Waals surface area contributed by atoms with Crippen LogP contribution in [0.25, 0.3) is 10.8 Å². The molecule has 0 fully saturated rings. The van der Waals surface area contributed by atoms with E-state index in [1.54, 1.807) is 12.1 Å². The Morgan fingerprint density at radius 1 is 1.12 bits per heavy atom. The molecule has 6 nitrogen and oxygen atoms in total. The van der Waals surface area contributed by atoms with Crippen LogP contribution in [0.5, 0.6) is 5.75 Å². The summed E-state index contributed by atoms with van der Waals surface area (Å²) in [5, 5.41) is 15.5. The molecule has 0 aliphatic rings. The molecule has 0 aliphatic carbocycles. The Hall–Kier alpha value is -2.45. The number of amides is 1. The van der Waals surface area contributed by atoms with Gasteiger partial charge in [0.1, 0.15) is 11.4 Å². The minimum Gasteiger partial charge on any atom is -0.483 e. The van der Waals surface area contributed by atoms with Crippen LogP contribution in [0.3, 0.4) is 0 Å². The van der Waals surface area contributed by atoms with E-state index in [2.05, 4.69) is 37.2 Å². The van der Waals surface area contributed by atoms with E-state index in [1.165, 1.54) is 18.2 Å². The second-order valence-electron chi connectivity index (χ2n) is 5.35. The van der Waals surface area contributed by atoms with Crippen molar-refractivity contribution in [1.29, 1.82) is 0 Å². The van der Waals surface area contributed by atoms with Gasteiger partial charge in [-0.05, 0) is 51.0 Å². The first-order chi connectivity index (χ1) is 12.5. The number of benzene rings is 3. The average Bonchev–Trinajstić information content (AvgIpc) is 2.61. The minimum atomic E-state index is -0.547. The van der Waals surface area contributed by atoms with Crippen LogP contribution in [-0.4, -0.2) is 17.4 Å². The molecule has 8 heteroatoms. The molecule has 0 radical (unpaired) electrons. The van der Waals surface area contributed by atoms with Crippen LogP contribution in [0, 0.1) is 10.1 Å². The maximum Gasteiger partial charge on any atom is 0.292 e. The highest BCUT2D eigenvalue weighted by atomic mass is 79.9. The van der Waals surface area contributed by atoms with Gasteiger partial charge in [0, 0.05) is 10.5 Å². The lowest BCUT2D eigenvalue weighted by atomic mass is 10.1. The topological polar surface area (TPSA) is 81.5 Å². The Bertz CT molecular complexity index is 1010. The van der Waals surface area contributed by atoms with E-state index in [-0.39, 0.29) is 18.0 Å². The number of hydrogen-bond donors (Lipinski definition) is 1. The van der Waals surface area contributed by atoms with E-state index >= 15 is 0 Å². The molecule has 1 N–H and O–H groups in total. The van der Waals surface area contributed by atoms with Gasteiger partial charge >= 0.3 is 0 Å². The number of nitrogens with zero attached hydrogens (tertiary/aromatic N) is 1. The molecule has 0 unspecified atom stereocenters. The van der Waals surface area contributed by atoms with Crippen LogP contribution in [0.1, 0.15) is 0 Å². The summed E-state index contributed by atoms with van der Waals surface area (Å²) in [6.07, 6.45) is 0. The summed E-state index contributed by atoms with van der Waals surface area (Å²) in [5.74, 6) is 0.0274. The van der Waals surface area contributed by atoms with Gasteiger partial charge in [0.2, 0.25) is 0 Å². The highest BCUT2D eigenvalue weighted by Crippen LogP contribution is 2.34. The van der Waals surface area contributed by atoms with Gasteiger partial charge in [0.15, 0.2) is 6.61 Å². The molecule has 3 rings (SSSR count). The predicted molar refractivity (Wildman–Crippen MR) is 107 cm³/mol. The first kappa shape index (κ1) is 18.3. The summed E-state index contributed by atoms with van der Waals surface area (Å²) < 4.78 is 7.27. The number of nitro benzene ring substituents is 1. The highest BCUT2D eigenvalue weighted by Gasteiger charge is 2.15. The lowest BCUT2D eigenvalue weighted by molar-refractivity contribution is -0.383. The van der Waals surface area contributed by atoms with Gasteiger partial charge in [0.05, 0.1) is 9.40 Å². The number of anilines is 1. The molecule has 3 aromatic rings. The van der Waals surface area contributed by atoms with Crippen molar-refractivity contribution in [2.24, 2.45) is 0 Å². The smallest absolute Gasteiger partial charge is 0.292 e. The van der Waals surface area contributed by atoms with Crippen LogP contribution < -0.4 is 10.1 Å². The molecular weight excluding hydrogens is 468 g/mol. The summed E-state index contributed by atoms with van der Waals surface area (Å²) in [7, 11) is 0. The first-order valence-electron chi connectivity index (χ1n) is 7.49.